The molecule has 1 heterocycles. The highest BCUT2D eigenvalue weighted by Crippen LogP contribution is 2.16. The smallest absolute Gasteiger partial charge is 0.473 e. The van der Waals surface area contributed by atoms with Crippen LogP contribution in [-0.2, 0) is 11.3 Å². The van der Waals surface area contributed by atoms with Gasteiger partial charge in [0.25, 0.3) is 0 Å². The second kappa shape index (κ2) is 5.34. The summed E-state index contributed by atoms with van der Waals surface area (Å²) in [4.78, 5) is 0. The quantitative estimate of drug-likeness (QED) is 0.639. The number of hydrogen-bond donors (Lipinski definition) is 2. The summed E-state index contributed by atoms with van der Waals surface area (Å²) >= 11 is 0. The third kappa shape index (κ3) is 2.72. The van der Waals surface area contributed by atoms with Crippen LogP contribution in [0.5, 0.6) is 5.75 Å². The lowest BCUT2D eigenvalue weighted by molar-refractivity contribution is 0.275. The molecular formula is C14H14BNO3. The van der Waals surface area contributed by atoms with Gasteiger partial charge < -0.3 is 19.7 Å². The Morgan fingerprint density at radius 1 is 1.21 bits per heavy atom. The van der Waals surface area contributed by atoms with Crippen molar-refractivity contribution in [3.05, 3.63) is 54.1 Å². The summed E-state index contributed by atoms with van der Waals surface area (Å²) in [5.41, 5.74) is 2.81. The van der Waals surface area contributed by atoms with Gasteiger partial charge >= 0.3 is 7.12 Å². The highest BCUT2D eigenvalue weighted by molar-refractivity contribution is 6.61. The molecular weight excluding hydrogens is 241 g/mol. The molecule has 0 bridgehead atoms. The van der Waals surface area contributed by atoms with Crippen LogP contribution in [-0.4, -0.2) is 18.9 Å². The van der Waals surface area contributed by atoms with Crippen molar-refractivity contribution in [3.8, 4) is 5.75 Å². The first kappa shape index (κ1) is 12.1. The van der Waals surface area contributed by atoms with Crippen LogP contribution in [0.3, 0.4) is 0 Å². The lowest BCUT2D eigenvalue weighted by Crippen LogP contribution is -2.28. The van der Waals surface area contributed by atoms with Crippen LogP contribution in [0.2, 0.25) is 0 Å². The summed E-state index contributed by atoms with van der Waals surface area (Å²) in [7, 11) is -0.833. The Kier molecular flexibility index (Phi) is 3.40. The number of benzene rings is 2. The number of para-hydroxylation sites is 1. The molecule has 0 unspecified atom stereocenters. The molecule has 0 saturated carbocycles. The number of ether oxygens (including phenoxy) is 1. The van der Waals surface area contributed by atoms with Crippen molar-refractivity contribution < 1.29 is 14.4 Å². The molecule has 1 aliphatic heterocycles. The van der Waals surface area contributed by atoms with Gasteiger partial charge in [-0.25, -0.2) is 0 Å². The molecule has 96 valence electrons. The molecule has 0 fully saturated rings. The molecule has 2 aromatic carbocycles. The molecule has 0 spiro atoms. The zero-order valence-electron chi connectivity index (χ0n) is 10.4. The third-order valence-electron chi connectivity index (χ3n) is 3.07. The zero-order chi connectivity index (χ0) is 13.1. The molecule has 0 atom stereocenters. The molecule has 3 rings (SSSR count). The van der Waals surface area contributed by atoms with Crippen LogP contribution in [0, 0.1) is 0 Å². The average Bonchev–Trinajstić information content (AvgIpc) is 2.82. The first-order valence-electron chi connectivity index (χ1n) is 6.17. The van der Waals surface area contributed by atoms with E-state index in [9.17, 15) is 5.02 Å². The van der Waals surface area contributed by atoms with Gasteiger partial charge in [-0.2, -0.15) is 0 Å². The van der Waals surface area contributed by atoms with Gasteiger partial charge in [0.1, 0.15) is 5.75 Å². The SMILES string of the molecule is OB1OCc2ccc(OCNc3ccccc3)cc21. The van der Waals surface area contributed by atoms with E-state index in [2.05, 4.69) is 5.32 Å². The molecule has 0 aromatic heterocycles. The van der Waals surface area contributed by atoms with Crippen LogP contribution in [0.25, 0.3) is 0 Å². The third-order valence-corrected chi connectivity index (χ3v) is 3.07. The van der Waals surface area contributed by atoms with Gasteiger partial charge in [0.05, 0.1) is 6.61 Å². The second-order valence-corrected chi connectivity index (χ2v) is 4.36. The van der Waals surface area contributed by atoms with Gasteiger partial charge in [-0.15, -0.1) is 0 Å². The fourth-order valence-electron chi connectivity index (χ4n) is 2.04. The van der Waals surface area contributed by atoms with E-state index in [1.54, 1.807) is 0 Å². The predicted octanol–water partition coefficient (Wildman–Crippen LogP) is 1.35. The van der Waals surface area contributed by atoms with Gasteiger partial charge in [0.2, 0.25) is 0 Å². The molecule has 1 aliphatic rings. The van der Waals surface area contributed by atoms with E-state index in [4.69, 9.17) is 9.39 Å². The van der Waals surface area contributed by atoms with Crippen LogP contribution < -0.4 is 15.5 Å². The number of hydrogen-bond acceptors (Lipinski definition) is 4. The maximum Gasteiger partial charge on any atom is 0.491 e. The summed E-state index contributed by atoms with van der Waals surface area (Å²) in [6.45, 7) is 0.832. The van der Waals surface area contributed by atoms with Gasteiger partial charge in [0.15, 0.2) is 6.73 Å². The molecule has 4 nitrogen and oxygen atoms in total. The number of fused-ring (bicyclic) bond motifs is 1. The zero-order valence-corrected chi connectivity index (χ0v) is 10.4. The standard InChI is InChI=1S/C14H14BNO3/c17-15-14-8-13(7-6-11(14)9-19-15)18-10-16-12-4-2-1-3-5-12/h1-8,16-17H,9-10H2. The largest absolute Gasteiger partial charge is 0.491 e. The van der Waals surface area contributed by atoms with Crippen LogP contribution in [0.4, 0.5) is 5.69 Å². The molecule has 19 heavy (non-hydrogen) atoms. The Balaban J connectivity index is 1.60. The number of anilines is 1. The summed E-state index contributed by atoms with van der Waals surface area (Å²) in [5.74, 6) is 0.715. The number of nitrogens with one attached hydrogen (secondary N) is 1. The van der Waals surface area contributed by atoms with Crippen molar-refractivity contribution >= 4 is 18.3 Å². The van der Waals surface area contributed by atoms with Crippen molar-refractivity contribution in [2.45, 2.75) is 6.61 Å². The molecule has 0 aliphatic carbocycles. The number of rotatable bonds is 4. The first-order valence-corrected chi connectivity index (χ1v) is 6.17. The summed E-state index contributed by atoms with van der Waals surface area (Å²) in [6.07, 6.45) is 0. The van der Waals surface area contributed by atoms with E-state index < -0.39 is 7.12 Å². The van der Waals surface area contributed by atoms with E-state index in [-0.39, 0.29) is 0 Å². The first-order chi connectivity index (χ1) is 9.33. The lowest BCUT2D eigenvalue weighted by atomic mass is 9.79. The molecule has 2 aromatic rings. The van der Waals surface area contributed by atoms with Crippen molar-refractivity contribution in [1.29, 1.82) is 0 Å². The maximum atomic E-state index is 9.62. The van der Waals surface area contributed by atoms with E-state index in [1.807, 2.05) is 48.5 Å². The van der Waals surface area contributed by atoms with E-state index in [0.717, 1.165) is 16.7 Å². The average molecular weight is 255 g/mol. The van der Waals surface area contributed by atoms with Gasteiger partial charge in [-0.05, 0) is 35.3 Å². The van der Waals surface area contributed by atoms with Gasteiger partial charge in [0, 0.05) is 5.69 Å². The second-order valence-electron chi connectivity index (χ2n) is 4.36. The van der Waals surface area contributed by atoms with Crippen molar-refractivity contribution in [1.82, 2.24) is 0 Å². The highest BCUT2D eigenvalue weighted by Gasteiger charge is 2.27. The Labute approximate surface area is 112 Å². The Morgan fingerprint density at radius 2 is 2.05 bits per heavy atom. The van der Waals surface area contributed by atoms with Crippen LogP contribution >= 0.6 is 0 Å². The molecule has 0 amide bonds. The Bertz CT molecular complexity index is 562. The highest BCUT2D eigenvalue weighted by atomic mass is 16.5. The monoisotopic (exact) mass is 255 g/mol. The van der Waals surface area contributed by atoms with E-state index in [0.29, 0.717) is 19.1 Å². The molecule has 0 radical (unpaired) electrons. The van der Waals surface area contributed by atoms with E-state index in [1.165, 1.54) is 0 Å². The van der Waals surface area contributed by atoms with Crippen molar-refractivity contribution in [2.75, 3.05) is 12.0 Å². The van der Waals surface area contributed by atoms with Crippen LogP contribution in [0.1, 0.15) is 5.56 Å². The van der Waals surface area contributed by atoms with Gasteiger partial charge in [-0.1, -0.05) is 24.3 Å². The minimum absolute atomic E-state index is 0.375. The summed E-state index contributed by atoms with van der Waals surface area (Å²) in [6, 6.07) is 15.5. The van der Waals surface area contributed by atoms with Crippen molar-refractivity contribution in [3.63, 3.8) is 0 Å². The fourth-order valence-corrected chi connectivity index (χ4v) is 2.04. The molecule has 0 saturated heterocycles. The van der Waals surface area contributed by atoms with Crippen molar-refractivity contribution in [2.24, 2.45) is 0 Å². The minimum Gasteiger partial charge on any atom is -0.473 e. The molecule has 2 N–H and O–H groups in total. The Hall–Kier alpha value is -1.98. The van der Waals surface area contributed by atoms with Gasteiger partial charge in [-0.3, -0.25) is 0 Å². The van der Waals surface area contributed by atoms with E-state index >= 15 is 0 Å². The fraction of sp³-hybridized carbons (Fsp3) is 0.143. The normalized spacial score (nSPS) is 13.2. The summed E-state index contributed by atoms with van der Waals surface area (Å²) in [5, 5.41) is 12.8. The maximum absolute atomic E-state index is 9.62. The Morgan fingerprint density at radius 3 is 2.89 bits per heavy atom. The minimum atomic E-state index is -0.833. The lowest BCUT2D eigenvalue weighted by Gasteiger charge is -2.10. The topological polar surface area (TPSA) is 50.7 Å². The summed E-state index contributed by atoms with van der Waals surface area (Å²) < 4.78 is 10.7. The predicted molar refractivity (Wildman–Crippen MR) is 74.4 cm³/mol. The molecule has 5 heteroatoms. The van der Waals surface area contributed by atoms with Crippen LogP contribution in [0.15, 0.2) is 48.5 Å².